The Labute approximate surface area is 143 Å². The Balaban J connectivity index is 1.60. The Morgan fingerprint density at radius 3 is 3.04 bits per heavy atom. The van der Waals surface area contributed by atoms with E-state index in [-0.39, 0.29) is 18.5 Å². The maximum Gasteiger partial charge on any atom is 0.167 e. The molecule has 8 heteroatoms. The van der Waals surface area contributed by atoms with Gasteiger partial charge in [-0.1, -0.05) is 12.1 Å². The maximum atomic E-state index is 13.4. The number of phenols is 1. The number of nitrogens with one attached hydrogen (secondary N) is 1. The molecule has 1 unspecified atom stereocenters. The number of hydrogen-bond acceptors (Lipinski definition) is 6. The van der Waals surface area contributed by atoms with Crippen molar-refractivity contribution in [3.05, 3.63) is 42.2 Å². The third kappa shape index (κ3) is 3.00. The molecule has 1 aliphatic rings. The maximum absolute atomic E-state index is 13.4. The van der Waals surface area contributed by atoms with Crippen molar-refractivity contribution in [1.29, 1.82) is 0 Å². The van der Waals surface area contributed by atoms with Gasteiger partial charge in [-0.2, -0.15) is 0 Å². The number of phenolic OH excluding ortho intramolecular Hbond substituents is 1. The number of fused-ring (bicyclic) bond motifs is 1. The molecule has 0 radical (unpaired) electrons. The molecule has 2 aromatic heterocycles. The van der Waals surface area contributed by atoms with E-state index in [2.05, 4.69) is 20.3 Å². The Kier molecular flexibility index (Phi) is 4.19. The minimum absolute atomic E-state index is 0.0613. The van der Waals surface area contributed by atoms with Gasteiger partial charge in [-0.05, 0) is 25.3 Å². The second-order valence-corrected chi connectivity index (χ2v) is 5.97. The molecule has 0 amide bonds. The predicted molar refractivity (Wildman–Crippen MR) is 89.6 cm³/mol. The smallest absolute Gasteiger partial charge is 0.167 e. The highest BCUT2D eigenvalue weighted by Gasteiger charge is 2.20. The quantitative estimate of drug-likeness (QED) is 0.757. The fourth-order valence-corrected chi connectivity index (χ4v) is 3.02. The molecule has 0 aliphatic carbocycles. The average molecular weight is 343 g/mol. The van der Waals surface area contributed by atoms with Crippen molar-refractivity contribution in [1.82, 2.24) is 19.5 Å². The van der Waals surface area contributed by atoms with Gasteiger partial charge in [-0.25, -0.2) is 19.3 Å². The molecule has 1 aromatic carbocycles. The highest BCUT2D eigenvalue weighted by atomic mass is 19.1. The van der Waals surface area contributed by atoms with E-state index in [1.54, 1.807) is 18.5 Å². The number of benzene rings is 1. The number of aromatic nitrogens is 4. The van der Waals surface area contributed by atoms with E-state index in [1.165, 1.54) is 12.4 Å². The highest BCUT2D eigenvalue weighted by molar-refractivity contribution is 5.82. The molecule has 1 aliphatic heterocycles. The molecule has 25 heavy (non-hydrogen) atoms. The Morgan fingerprint density at radius 2 is 2.20 bits per heavy atom. The average Bonchev–Trinajstić information content (AvgIpc) is 3.08. The number of anilines is 1. The second-order valence-electron chi connectivity index (χ2n) is 5.97. The van der Waals surface area contributed by atoms with Crippen LogP contribution in [-0.4, -0.2) is 31.2 Å². The third-order valence-corrected chi connectivity index (χ3v) is 4.34. The third-order valence-electron chi connectivity index (χ3n) is 4.34. The summed E-state index contributed by atoms with van der Waals surface area (Å²) >= 11 is 0. The first kappa shape index (κ1) is 15.8. The van der Waals surface area contributed by atoms with E-state index in [1.807, 2.05) is 4.57 Å². The summed E-state index contributed by atoms with van der Waals surface area (Å²) in [7, 11) is 0. The van der Waals surface area contributed by atoms with Crippen LogP contribution in [0.25, 0.3) is 11.2 Å². The number of nitrogens with zero attached hydrogens (tertiary/aromatic N) is 4. The lowest BCUT2D eigenvalue weighted by Crippen LogP contribution is -2.17. The van der Waals surface area contributed by atoms with Gasteiger partial charge in [0, 0.05) is 18.7 Å². The van der Waals surface area contributed by atoms with Crippen LogP contribution in [0.2, 0.25) is 0 Å². The molecule has 2 N–H and O–H groups in total. The normalized spacial score (nSPS) is 17.7. The van der Waals surface area contributed by atoms with E-state index in [9.17, 15) is 9.50 Å². The van der Waals surface area contributed by atoms with Crippen molar-refractivity contribution in [3.63, 3.8) is 0 Å². The fourth-order valence-electron chi connectivity index (χ4n) is 3.02. The minimum atomic E-state index is -0.647. The van der Waals surface area contributed by atoms with Crippen LogP contribution >= 0.6 is 0 Å². The van der Waals surface area contributed by atoms with Crippen LogP contribution in [0.15, 0.2) is 30.9 Å². The van der Waals surface area contributed by atoms with Crippen molar-refractivity contribution in [2.24, 2.45) is 0 Å². The van der Waals surface area contributed by atoms with Crippen molar-refractivity contribution in [2.75, 3.05) is 11.9 Å². The minimum Gasteiger partial charge on any atom is -0.505 e. The van der Waals surface area contributed by atoms with Gasteiger partial charge in [0.15, 0.2) is 28.5 Å². The first-order valence-electron chi connectivity index (χ1n) is 8.23. The monoisotopic (exact) mass is 343 g/mol. The molecular weight excluding hydrogens is 325 g/mol. The molecule has 1 fully saturated rings. The van der Waals surface area contributed by atoms with E-state index in [4.69, 9.17) is 4.74 Å². The number of hydrogen-bond donors (Lipinski definition) is 2. The summed E-state index contributed by atoms with van der Waals surface area (Å²) < 4.78 is 21.1. The van der Waals surface area contributed by atoms with E-state index in [0.29, 0.717) is 22.5 Å². The predicted octanol–water partition coefficient (Wildman–Crippen LogP) is 2.98. The molecule has 1 saturated heterocycles. The van der Waals surface area contributed by atoms with Crippen LogP contribution in [0.3, 0.4) is 0 Å². The van der Waals surface area contributed by atoms with Gasteiger partial charge in [0.1, 0.15) is 12.6 Å². The first-order chi connectivity index (χ1) is 12.2. The van der Waals surface area contributed by atoms with E-state index < -0.39 is 5.82 Å². The Bertz CT molecular complexity index is 892. The number of halogens is 1. The zero-order valence-corrected chi connectivity index (χ0v) is 13.5. The summed E-state index contributed by atoms with van der Waals surface area (Å²) in [5.74, 6) is -0.476. The van der Waals surface area contributed by atoms with Gasteiger partial charge in [0.2, 0.25) is 0 Å². The van der Waals surface area contributed by atoms with Gasteiger partial charge < -0.3 is 15.2 Å². The van der Waals surface area contributed by atoms with Gasteiger partial charge in [0.05, 0.1) is 6.33 Å². The topological polar surface area (TPSA) is 85.1 Å². The van der Waals surface area contributed by atoms with Crippen molar-refractivity contribution < 1.29 is 14.2 Å². The summed E-state index contributed by atoms with van der Waals surface area (Å²) in [5.41, 5.74) is 1.75. The van der Waals surface area contributed by atoms with Gasteiger partial charge in [0.25, 0.3) is 0 Å². The van der Waals surface area contributed by atoms with Crippen LogP contribution in [0.1, 0.15) is 31.1 Å². The number of imidazole rings is 1. The lowest BCUT2D eigenvalue weighted by Gasteiger charge is -2.23. The number of para-hydroxylation sites is 1. The molecule has 4 rings (SSSR count). The summed E-state index contributed by atoms with van der Waals surface area (Å²) in [5, 5.41) is 12.9. The van der Waals surface area contributed by atoms with Gasteiger partial charge in [-0.3, -0.25) is 4.57 Å². The molecule has 0 saturated carbocycles. The standard InChI is InChI=1S/C17H18FN5O2/c18-12-5-3-4-11(15(12)24)8-19-16-14-17(21-9-20-16)23(10-22-14)13-6-1-2-7-25-13/h3-5,9-10,13,24H,1-2,6-8H2,(H,19,20,21). The fraction of sp³-hybridized carbons (Fsp3) is 0.353. The van der Waals surface area contributed by atoms with Crippen LogP contribution in [0.5, 0.6) is 5.75 Å². The van der Waals surface area contributed by atoms with Crippen LogP contribution < -0.4 is 5.32 Å². The second kappa shape index (κ2) is 6.64. The Morgan fingerprint density at radius 1 is 1.28 bits per heavy atom. The van der Waals surface area contributed by atoms with Gasteiger partial charge >= 0.3 is 0 Å². The largest absolute Gasteiger partial charge is 0.505 e. The first-order valence-corrected chi connectivity index (χ1v) is 8.23. The van der Waals surface area contributed by atoms with Crippen molar-refractivity contribution >= 4 is 17.0 Å². The summed E-state index contributed by atoms with van der Waals surface area (Å²) in [6, 6.07) is 4.42. The van der Waals surface area contributed by atoms with E-state index >= 15 is 0 Å². The molecule has 1 atom stereocenters. The summed E-state index contributed by atoms with van der Waals surface area (Å²) in [6.07, 6.45) is 6.21. The lowest BCUT2D eigenvalue weighted by atomic mass is 10.2. The lowest BCUT2D eigenvalue weighted by molar-refractivity contribution is -0.0298. The zero-order chi connectivity index (χ0) is 17.2. The molecule has 3 heterocycles. The SMILES string of the molecule is Oc1c(F)cccc1CNc1ncnc2c1ncn2C1CCCCO1. The van der Waals surface area contributed by atoms with Crippen LogP contribution in [0.4, 0.5) is 10.2 Å². The molecule has 0 bridgehead atoms. The molecule has 130 valence electrons. The summed E-state index contributed by atoms with van der Waals surface area (Å²) in [4.78, 5) is 12.9. The Hall–Kier alpha value is -2.74. The van der Waals surface area contributed by atoms with Crippen LogP contribution in [-0.2, 0) is 11.3 Å². The number of aromatic hydroxyl groups is 1. The molecule has 0 spiro atoms. The molecular formula is C17H18FN5O2. The van der Waals surface area contributed by atoms with E-state index in [0.717, 1.165) is 25.9 Å². The van der Waals surface area contributed by atoms with Crippen molar-refractivity contribution in [2.45, 2.75) is 32.0 Å². The van der Waals surface area contributed by atoms with Gasteiger partial charge in [-0.15, -0.1) is 0 Å². The zero-order valence-electron chi connectivity index (χ0n) is 13.5. The summed E-state index contributed by atoms with van der Waals surface area (Å²) in [6.45, 7) is 0.960. The number of rotatable bonds is 4. The molecule has 7 nitrogen and oxygen atoms in total. The van der Waals surface area contributed by atoms with Crippen LogP contribution in [0, 0.1) is 5.82 Å². The number of ether oxygens (including phenoxy) is 1. The molecule has 3 aromatic rings. The van der Waals surface area contributed by atoms with Crippen molar-refractivity contribution in [3.8, 4) is 5.75 Å². The highest BCUT2D eigenvalue weighted by Crippen LogP contribution is 2.28.